The Balaban J connectivity index is 1.69. The maximum Gasteiger partial charge on any atom is 0.222 e. The molecule has 2 rings (SSSR count). The summed E-state index contributed by atoms with van der Waals surface area (Å²) in [5.41, 5.74) is 0.441. The molecule has 1 aliphatic carbocycles. The zero-order chi connectivity index (χ0) is 15.3. The van der Waals surface area contributed by atoms with Crippen molar-refractivity contribution >= 4 is 5.91 Å². The van der Waals surface area contributed by atoms with Gasteiger partial charge in [-0.25, -0.2) is 0 Å². The van der Waals surface area contributed by atoms with Crippen molar-refractivity contribution < 1.29 is 9.53 Å². The molecule has 0 radical (unpaired) electrons. The molecule has 1 heterocycles. The highest BCUT2D eigenvalue weighted by molar-refractivity contribution is 5.76. The van der Waals surface area contributed by atoms with Crippen LogP contribution in [0.2, 0.25) is 0 Å². The molecule has 0 spiro atoms. The molecule has 1 amide bonds. The average molecular weight is 296 g/mol. The standard InChI is InChI=1S/C17H32N2O2/c1-4-17(2,3)13-5-7-14(8-6-13)19-16(20)11-15-12-18-9-10-21-15/h13-15,18H,4-12H2,1-3H3,(H,19,20). The van der Waals surface area contributed by atoms with Crippen molar-refractivity contribution in [3.8, 4) is 0 Å². The lowest BCUT2D eigenvalue weighted by molar-refractivity contribution is -0.125. The van der Waals surface area contributed by atoms with Gasteiger partial charge in [0, 0.05) is 19.1 Å². The highest BCUT2D eigenvalue weighted by Crippen LogP contribution is 2.40. The topological polar surface area (TPSA) is 50.4 Å². The molecule has 2 fully saturated rings. The van der Waals surface area contributed by atoms with Gasteiger partial charge in [0.05, 0.1) is 19.1 Å². The van der Waals surface area contributed by atoms with Gasteiger partial charge in [0.2, 0.25) is 5.91 Å². The van der Waals surface area contributed by atoms with E-state index in [4.69, 9.17) is 4.74 Å². The first-order chi connectivity index (χ1) is 10.0. The van der Waals surface area contributed by atoms with Crippen LogP contribution >= 0.6 is 0 Å². The summed E-state index contributed by atoms with van der Waals surface area (Å²) < 4.78 is 5.59. The van der Waals surface area contributed by atoms with Crippen LogP contribution < -0.4 is 10.6 Å². The van der Waals surface area contributed by atoms with Crippen molar-refractivity contribution in [2.45, 2.75) is 71.4 Å². The molecule has 1 aliphatic heterocycles. The number of ether oxygens (including phenoxy) is 1. The maximum atomic E-state index is 12.1. The minimum absolute atomic E-state index is 0.0501. The second-order valence-electron chi connectivity index (χ2n) is 7.36. The fourth-order valence-corrected chi connectivity index (χ4v) is 3.55. The van der Waals surface area contributed by atoms with Gasteiger partial charge in [-0.1, -0.05) is 27.2 Å². The second kappa shape index (κ2) is 7.59. The van der Waals surface area contributed by atoms with Crippen LogP contribution in [0.15, 0.2) is 0 Å². The summed E-state index contributed by atoms with van der Waals surface area (Å²) in [7, 11) is 0. The van der Waals surface area contributed by atoms with Crippen LogP contribution in [-0.4, -0.2) is 37.7 Å². The first kappa shape index (κ1) is 16.8. The van der Waals surface area contributed by atoms with Crippen LogP contribution in [0.5, 0.6) is 0 Å². The number of hydrogen-bond acceptors (Lipinski definition) is 3. The molecule has 0 aromatic carbocycles. The van der Waals surface area contributed by atoms with Crippen molar-refractivity contribution in [1.29, 1.82) is 0 Å². The van der Waals surface area contributed by atoms with Gasteiger partial charge in [-0.2, -0.15) is 0 Å². The first-order valence-electron chi connectivity index (χ1n) is 8.63. The van der Waals surface area contributed by atoms with Crippen LogP contribution in [0.4, 0.5) is 0 Å². The summed E-state index contributed by atoms with van der Waals surface area (Å²) in [5.74, 6) is 0.962. The molecule has 2 aliphatic rings. The molecule has 1 saturated carbocycles. The molecule has 122 valence electrons. The molecule has 2 N–H and O–H groups in total. The Morgan fingerprint density at radius 1 is 1.29 bits per heavy atom. The average Bonchev–Trinajstić information content (AvgIpc) is 2.48. The van der Waals surface area contributed by atoms with Crippen molar-refractivity contribution in [2.24, 2.45) is 11.3 Å². The summed E-state index contributed by atoms with van der Waals surface area (Å²) in [6.07, 6.45) is 6.52. The fraction of sp³-hybridized carbons (Fsp3) is 0.941. The zero-order valence-corrected chi connectivity index (χ0v) is 13.9. The Labute approximate surface area is 129 Å². The van der Waals surface area contributed by atoms with Gasteiger partial charge in [0.25, 0.3) is 0 Å². The van der Waals surface area contributed by atoms with Crippen molar-refractivity contribution in [3.05, 3.63) is 0 Å². The summed E-state index contributed by atoms with van der Waals surface area (Å²) >= 11 is 0. The van der Waals surface area contributed by atoms with Crippen molar-refractivity contribution in [2.75, 3.05) is 19.7 Å². The van der Waals surface area contributed by atoms with E-state index < -0.39 is 0 Å². The van der Waals surface area contributed by atoms with Crippen LogP contribution in [0.25, 0.3) is 0 Å². The predicted molar refractivity (Wildman–Crippen MR) is 85.2 cm³/mol. The molecule has 0 bridgehead atoms. The second-order valence-corrected chi connectivity index (χ2v) is 7.36. The minimum Gasteiger partial charge on any atom is -0.375 e. The molecular formula is C17H32N2O2. The Hall–Kier alpha value is -0.610. The summed E-state index contributed by atoms with van der Waals surface area (Å²) in [4.78, 5) is 12.1. The molecule has 1 unspecified atom stereocenters. The number of hydrogen-bond donors (Lipinski definition) is 2. The Kier molecular flexibility index (Phi) is 6.06. The molecule has 21 heavy (non-hydrogen) atoms. The fourth-order valence-electron chi connectivity index (χ4n) is 3.55. The highest BCUT2D eigenvalue weighted by Gasteiger charge is 2.32. The largest absolute Gasteiger partial charge is 0.375 e. The number of rotatable bonds is 5. The lowest BCUT2D eigenvalue weighted by Gasteiger charge is -2.39. The molecular weight excluding hydrogens is 264 g/mol. The molecule has 1 atom stereocenters. The Morgan fingerprint density at radius 2 is 2.00 bits per heavy atom. The van der Waals surface area contributed by atoms with E-state index in [0.717, 1.165) is 38.5 Å². The molecule has 4 heteroatoms. The summed E-state index contributed by atoms with van der Waals surface area (Å²) in [6, 6.07) is 0.373. The van der Waals surface area contributed by atoms with Gasteiger partial charge >= 0.3 is 0 Å². The summed E-state index contributed by atoms with van der Waals surface area (Å²) in [5, 5.41) is 6.48. The van der Waals surface area contributed by atoms with Crippen molar-refractivity contribution in [3.63, 3.8) is 0 Å². The van der Waals surface area contributed by atoms with Crippen LogP contribution in [-0.2, 0) is 9.53 Å². The van der Waals surface area contributed by atoms with E-state index in [9.17, 15) is 4.79 Å². The number of carbonyl (C=O) groups excluding carboxylic acids is 1. The predicted octanol–water partition coefficient (Wildman–Crippen LogP) is 2.48. The van der Waals surface area contributed by atoms with Crippen LogP contribution in [0.3, 0.4) is 0 Å². The number of carbonyl (C=O) groups is 1. The lowest BCUT2D eigenvalue weighted by Crippen LogP contribution is -2.44. The van der Waals surface area contributed by atoms with E-state index in [1.807, 2.05) is 0 Å². The number of nitrogens with one attached hydrogen (secondary N) is 2. The third kappa shape index (κ3) is 4.96. The quantitative estimate of drug-likeness (QED) is 0.819. The van der Waals surface area contributed by atoms with E-state index in [1.54, 1.807) is 0 Å². The van der Waals surface area contributed by atoms with Crippen LogP contribution in [0.1, 0.15) is 59.3 Å². The third-order valence-corrected chi connectivity index (χ3v) is 5.53. The van der Waals surface area contributed by atoms with Gasteiger partial charge in [-0.3, -0.25) is 4.79 Å². The first-order valence-corrected chi connectivity index (χ1v) is 8.63. The van der Waals surface area contributed by atoms with E-state index in [2.05, 4.69) is 31.4 Å². The normalized spacial score (nSPS) is 30.9. The number of amides is 1. The smallest absolute Gasteiger partial charge is 0.222 e. The summed E-state index contributed by atoms with van der Waals surface area (Å²) in [6.45, 7) is 9.45. The van der Waals surface area contributed by atoms with Gasteiger partial charge < -0.3 is 15.4 Å². The molecule has 0 aromatic rings. The Bertz CT molecular complexity index is 330. The minimum atomic E-state index is 0.0501. The van der Waals surface area contributed by atoms with Gasteiger partial charge in [-0.05, 0) is 37.0 Å². The SMILES string of the molecule is CCC(C)(C)C1CCC(NC(=O)CC2CNCCO2)CC1. The number of morpholine rings is 1. The van der Waals surface area contributed by atoms with E-state index >= 15 is 0 Å². The zero-order valence-electron chi connectivity index (χ0n) is 13.9. The maximum absolute atomic E-state index is 12.1. The molecule has 1 saturated heterocycles. The van der Waals surface area contributed by atoms with Gasteiger partial charge in [0.1, 0.15) is 0 Å². The van der Waals surface area contributed by atoms with Crippen molar-refractivity contribution in [1.82, 2.24) is 10.6 Å². The third-order valence-electron chi connectivity index (χ3n) is 5.53. The van der Waals surface area contributed by atoms with Gasteiger partial charge in [0.15, 0.2) is 0 Å². The van der Waals surface area contributed by atoms with E-state index in [-0.39, 0.29) is 12.0 Å². The highest BCUT2D eigenvalue weighted by atomic mass is 16.5. The molecule has 4 nitrogen and oxygen atoms in total. The van der Waals surface area contributed by atoms with E-state index in [1.165, 1.54) is 19.3 Å². The van der Waals surface area contributed by atoms with Gasteiger partial charge in [-0.15, -0.1) is 0 Å². The Morgan fingerprint density at radius 3 is 2.57 bits per heavy atom. The monoisotopic (exact) mass is 296 g/mol. The van der Waals surface area contributed by atoms with Crippen LogP contribution in [0, 0.1) is 11.3 Å². The lowest BCUT2D eigenvalue weighted by atomic mass is 9.69. The van der Waals surface area contributed by atoms with E-state index in [0.29, 0.717) is 17.9 Å². The molecule has 0 aromatic heterocycles.